The van der Waals surface area contributed by atoms with E-state index in [1.54, 1.807) is 12.1 Å². The lowest BCUT2D eigenvalue weighted by molar-refractivity contribution is -0.100. The first-order chi connectivity index (χ1) is 18.1. The van der Waals surface area contributed by atoms with E-state index in [4.69, 9.17) is 21.1 Å². The van der Waals surface area contributed by atoms with Crippen molar-refractivity contribution in [1.29, 1.82) is 0 Å². The van der Waals surface area contributed by atoms with Crippen LogP contribution in [0.15, 0.2) is 12.1 Å². The van der Waals surface area contributed by atoms with E-state index in [0.29, 0.717) is 17.0 Å². The van der Waals surface area contributed by atoms with Gasteiger partial charge in [-0.1, -0.05) is 18.1 Å². The van der Waals surface area contributed by atoms with Crippen LogP contribution >= 0.6 is 19.2 Å². The molecule has 0 amide bonds. The van der Waals surface area contributed by atoms with Gasteiger partial charge in [-0.05, 0) is 36.6 Å². The largest absolute Gasteiger partial charge is 0.393 e. The molecule has 0 radical (unpaired) electrons. The predicted octanol–water partition coefficient (Wildman–Crippen LogP) is -0.462. The average Bonchev–Trinajstić information content (AvgIpc) is 3.67. The third-order valence-corrected chi connectivity index (χ3v) is 8.63. The zero-order valence-electron chi connectivity index (χ0n) is 20.0. The second-order valence-corrected chi connectivity index (χ2v) is 11.7. The quantitative estimate of drug-likeness (QED) is 0.152. The van der Waals surface area contributed by atoms with Crippen molar-refractivity contribution < 1.29 is 39.1 Å². The summed E-state index contributed by atoms with van der Waals surface area (Å²) in [5.74, 6) is 0.429. The number of nitrogens with zero attached hydrogens (tertiary/aromatic N) is 6. The third kappa shape index (κ3) is 5.15. The van der Waals surface area contributed by atoms with Crippen LogP contribution in [0.4, 0.5) is 5.82 Å². The van der Waals surface area contributed by atoms with Crippen LogP contribution in [-0.2, 0) is 20.5 Å². The molecule has 3 aromatic rings. The molecule has 1 saturated heterocycles. The number of H-pyrrole nitrogens is 1. The minimum atomic E-state index is -5.10. The van der Waals surface area contributed by atoms with Crippen molar-refractivity contribution in [3.63, 3.8) is 0 Å². The van der Waals surface area contributed by atoms with Crippen molar-refractivity contribution in [1.82, 2.24) is 35.2 Å². The molecule has 2 aliphatic rings. The molecule has 16 nitrogen and oxygen atoms in total. The third-order valence-electron chi connectivity index (χ3n) is 6.98. The normalized spacial score (nSPS) is 26.3. The molecule has 1 saturated carbocycles. The summed E-state index contributed by atoms with van der Waals surface area (Å²) in [6.07, 6.45) is -1.52. The van der Waals surface area contributed by atoms with Crippen LogP contribution in [-0.4, -0.2) is 103 Å². The lowest BCUT2D eigenvalue weighted by Gasteiger charge is -2.32. The summed E-state index contributed by atoms with van der Waals surface area (Å²) in [4.78, 5) is 24.2. The van der Waals surface area contributed by atoms with Gasteiger partial charge < -0.3 is 39.9 Å². The number of aromatic nitrogens is 7. The molecule has 0 bridgehead atoms. The molecule has 5 rings (SSSR count). The van der Waals surface area contributed by atoms with Crippen molar-refractivity contribution in [3.8, 4) is 0 Å². The first-order valence-electron chi connectivity index (χ1n) is 12.0. The zero-order valence-corrected chi connectivity index (χ0v) is 21.6. The highest BCUT2D eigenvalue weighted by atomic mass is 35.5. The van der Waals surface area contributed by atoms with Gasteiger partial charge in [-0.3, -0.25) is 4.57 Å². The molecule has 1 aliphatic carbocycles. The number of nitrogens with one attached hydrogen (secondary N) is 2. The van der Waals surface area contributed by atoms with Crippen LogP contribution in [0.5, 0.6) is 0 Å². The number of aliphatic hydroxyl groups is 3. The highest BCUT2D eigenvalue weighted by Gasteiger charge is 2.52. The second-order valence-electron chi connectivity index (χ2n) is 9.45. The van der Waals surface area contributed by atoms with Crippen molar-refractivity contribution in [2.75, 3.05) is 18.5 Å². The fraction of sp³-hybridized carbons (Fsp3) is 0.650. The van der Waals surface area contributed by atoms with Crippen LogP contribution in [0.1, 0.15) is 43.3 Å². The smallest absolute Gasteiger partial charge is 0.359 e. The molecular formula is C20H28ClN8O8P. The minimum Gasteiger partial charge on any atom is -0.393 e. The van der Waals surface area contributed by atoms with Crippen molar-refractivity contribution in [2.24, 2.45) is 0 Å². The lowest BCUT2D eigenvalue weighted by atomic mass is 10.1. The Hall–Kier alpha value is -2.27. The topological polar surface area (TPSA) is 233 Å². The molecule has 5 atom stereocenters. The van der Waals surface area contributed by atoms with E-state index < -0.39 is 57.0 Å². The molecular weight excluding hydrogens is 547 g/mol. The Morgan fingerprint density at radius 1 is 1.26 bits per heavy atom. The summed E-state index contributed by atoms with van der Waals surface area (Å²) < 4.78 is 25.1. The number of rotatable bonds is 10. The maximum absolute atomic E-state index is 12.3. The van der Waals surface area contributed by atoms with Gasteiger partial charge in [-0.15, -0.1) is 15.3 Å². The molecule has 7 N–H and O–H groups in total. The molecule has 0 spiro atoms. The molecule has 208 valence electrons. The van der Waals surface area contributed by atoms with Gasteiger partial charge in [-0.2, -0.15) is 10.2 Å². The molecule has 1 aliphatic heterocycles. The van der Waals surface area contributed by atoms with Crippen LogP contribution in [0.3, 0.4) is 0 Å². The Kier molecular flexibility index (Phi) is 7.70. The summed E-state index contributed by atoms with van der Waals surface area (Å²) >= 11 is 6.19. The summed E-state index contributed by atoms with van der Waals surface area (Å²) in [5, 5.41) is 49.4. The number of hydrogen-bond acceptors (Lipinski definition) is 12. The number of halogens is 1. The number of tetrazole rings is 1. The van der Waals surface area contributed by atoms with Gasteiger partial charge in [0.1, 0.15) is 29.9 Å². The monoisotopic (exact) mass is 574 g/mol. The highest BCUT2D eigenvalue weighted by molar-refractivity contribution is 7.53. The molecule has 0 unspecified atom stereocenters. The van der Waals surface area contributed by atoms with E-state index >= 15 is 0 Å². The first kappa shape index (κ1) is 27.3. The summed E-state index contributed by atoms with van der Waals surface area (Å²) in [7, 11) is -5.10. The van der Waals surface area contributed by atoms with Gasteiger partial charge in [0.15, 0.2) is 17.0 Å². The maximum atomic E-state index is 12.3. The standard InChI is InChI=1S/C20H28ClN8O8P/c21-19-23-18(22-10-3-1-2-4-10)12-6-5-11(29(12)26-19)17-16(32)15(31)13(37-17)8-36-20(9-30,38(33,34)35)7-14-24-27-28-25-14/h5-6,10,13,15-17,30-32H,1-4,7-9H2,(H,22,23,26)(H2,33,34,35)(H,24,25,27,28)/t13-,15-,16-,17+,20+/m1/s1. The molecule has 4 heterocycles. The summed E-state index contributed by atoms with van der Waals surface area (Å²) in [5.41, 5.74) is 0.977. The predicted molar refractivity (Wildman–Crippen MR) is 129 cm³/mol. The highest BCUT2D eigenvalue weighted by Crippen LogP contribution is 2.53. The number of hydrogen-bond donors (Lipinski definition) is 7. The Balaban J connectivity index is 1.36. The van der Waals surface area contributed by atoms with Gasteiger partial charge >= 0.3 is 7.60 Å². The SMILES string of the molecule is O=P(O)(O)[C@](CO)(Cc1nn[nH]n1)OC[C@H]1O[C@@H](c2ccc3c(NC4CCCC4)nc(Cl)nn23)[C@H](O)[C@@H]1O. The van der Waals surface area contributed by atoms with E-state index in [9.17, 15) is 29.7 Å². The first-order valence-corrected chi connectivity index (χ1v) is 14.0. The van der Waals surface area contributed by atoms with Gasteiger partial charge in [0, 0.05) is 6.04 Å². The maximum Gasteiger partial charge on any atom is 0.359 e. The van der Waals surface area contributed by atoms with Crippen molar-refractivity contribution >= 4 is 30.5 Å². The molecule has 38 heavy (non-hydrogen) atoms. The van der Waals surface area contributed by atoms with Crippen molar-refractivity contribution in [2.45, 2.75) is 67.9 Å². The Morgan fingerprint density at radius 3 is 2.68 bits per heavy atom. The average molecular weight is 575 g/mol. The molecule has 0 aromatic carbocycles. The van der Waals surface area contributed by atoms with Gasteiger partial charge in [0.05, 0.1) is 25.3 Å². The molecule has 18 heteroatoms. The fourth-order valence-electron chi connectivity index (χ4n) is 4.88. The van der Waals surface area contributed by atoms with Crippen LogP contribution in [0.25, 0.3) is 5.52 Å². The van der Waals surface area contributed by atoms with Crippen LogP contribution in [0.2, 0.25) is 5.28 Å². The Labute approximate surface area is 220 Å². The van der Waals surface area contributed by atoms with Crippen LogP contribution in [0, 0.1) is 0 Å². The van der Waals surface area contributed by atoms with E-state index in [0.717, 1.165) is 25.7 Å². The number of aliphatic hydroxyl groups excluding tert-OH is 3. The van der Waals surface area contributed by atoms with Crippen molar-refractivity contribution in [3.05, 3.63) is 28.9 Å². The Bertz CT molecular complexity index is 1300. The van der Waals surface area contributed by atoms with E-state index in [1.807, 2.05) is 0 Å². The zero-order chi connectivity index (χ0) is 27.1. The lowest BCUT2D eigenvalue weighted by Crippen LogP contribution is -2.43. The van der Waals surface area contributed by atoms with E-state index in [-0.39, 0.29) is 17.1 Å². The number of aromatic amines is 1. The Morgan fingerprint density at radius 2 is 2.03 bits per heavy atom. The van der Waals surface area contributed by atoms with Gasteiger partial charge in [0.2, 0.25) is 5.28 Å². The molecule has 3 aromatic heterocycles. The second kappa shape index (κ2) is 10.7. The molecule has 2 fully saturated rings. The van der Waals surface area contributed by atoms with E-state index in [1.165, 1.54) is 4.52 Å². The van der Waals surface area contributed by atoms with E-state index in [2.05, 4.69) is 36.0 Å². The number of ether oxygens (including phenoxy) is 2. The fourth-order valence-corrected chi connectivity index (χ4v) is 5.81. The number of anilines is 1. The summed E-state index contributed by atoms with van der Waals surface area (Å²) in [6, 6.07) is 3.66. The summed E-state index contributed by atoms with van der Waals surface area (Å²) in [6.45, 7) is -1.66. The minimum absolute atomic E-state index is 0.0285. The van der Waals surface area contributed by atoms with Gasteiger partial charge in [0.25, 0.3) is 0 Å². The number of fused-ring (bicyclic) bond motifs is 1. The van der Waals surface area contributed by atoms with Crippen LogP contribution < -0.4 is 5.32 Å². The van der Waals surface area contributed by atoms with Gasteiger partial charge in [-0.25, -0.2) is 4.52 Å².